The minimum absolute atomic E-state index is 0.0943. The highest BCUT2D eigenvalue weighted by molar-refractivity contribution is 5.81. The van der Waals surface area contributed by atoms with Gasteiger partial charge in [0.15, 0.2) is 0 Å². The lowest BCUT2D eigenvalue weighted by molar-refractivity contribution is -0.123. The maximum Gasteiger partial charge on any atom is 0.237 e. The van der Waals surface area contributed by atoms with Gasteiger partial charge in [0.2, 0.25) is 5.91 Å². The van der Waals surface area contributed by atoms with Crippen LogP contribution in [-0.4, -0.2) is 31.3 Å². The third kappa shape index (κ3) is 7.58. The van der Waals surface area contributed by atoms with Crippen molar-refractivity contribution in [3.05, 3.63) is 101 Å². The molecule has 1 amide bonds. The predicted octanol–water partition coefficient (Wildman–Crippen LogP) is 4.35. The van der Waals surface area contributed by atoms with Crippen LogP contribution < -0.4 is 15.4 Å². The molecule has 2 unspecified atom stereocenters. The third-order valence-corrected chi connectivity index (χ3v) is 5.78. The van der Waals surface area contributed by atoms with Crippen LogP contribution in [0.4, 0.5) is 0 Å². The van der Waals surface area contributed by atoms with Crippen molar-refractivity contribution >= 4 is 12.2 Å². The number of fused-ring (bicyclic) bond motifs is 1. The average molecular weight is 445 g/mol. The van der Waals surface area contributed by atoms with Crippen LogP contribution in [0.2, 0.25) is 0 Å². The Bertz CT molecular complexity index is 1020. The first kappa shape index (κ1) is 24.2. The van der Waals surface area contributed by atoms with Gasteiger partial charge in [-0.3, -0.25) is 9.59 Å². The molecule has 2 atom stereocenters. The van der Waals surface area contributed by atoms with Crippen LogP contribution in [0.25, 0.3) is 0 Å². The number of rotatable bonds is 7. The number of benzene rings is 3. The van der Waals surface area contributed by atoms with Crippen molar-refractivity contribution in [3.63, 3.8) is 0 Å². The van der Waals surface area contributed by atoms with Crippen molar-refractivity contribution in [1.29, 1.82) is 0 Å². The van der Waals surface area contributed by atoms with Gasteiger partial charge < -0.3 is 15.4 Å². The molecule has 0 spiro atoms. The molecule has 2 N–H and O–H groups in total. The quantitative estimate of drug-likeness (QED) is 0.532. The monoisotopic (exact) mass is 444 g/mol. The summed E-state index contributed by atoms with van der Waals surface area (Å²) in [6.07, 6.45) is 3.88. The first-order valence-corrected chi connectivity index (χ1v) is 11.4. The van der Waals surface area contributed by atoms with E-state index in [9.17, 15) is 9.59 Å². The number of carbonyl (C=O) groups is 2. The molecular formula is C28H32N2O3. The van der Waals surface area contributed by atoms with Crippen molar-refractivity contribution in [2.75, 3.05) is 7.05 Å². The van der Waals surface area contributed by atoms with Gasteiger partial charge in [0.05, 0.1) is 6.04 Å². The van der Waals surface area contributed by atoms with Crippen molar-refractivity contribution in [1.82, 2.24) is 10.6 Å². The lowest BCUT2D eigenvalue weighted by Crippen LogP contribution is -2.46. The first-order chi connectivity index (χ1) is 16.1. The van der Waals surface area contributed by atoms with Crippen molar-refractivity contribution in [3.8, 4) is 5.75 Å². The van der Waals surface area contributed by atoms with Gasteiger partial charge in [0, 0.05) is 11.6 Å². The molecule has 5 nitrogen and oxygen atoms in total. The molecule has 0 saturated carbocycles. The molecule has 3 aromatic carbocycles. The molecule has 4 rings (SSSR count). The number of ether oxygens (including phenoxy) is 1. The molecule has 33 heavy (non-hydrogen) atoms. The summed E-state index contributed by atoms with van der Waals surface area (Å²) < 4.78 is 5.58. The molecule has 5 heteroatoms. The first-order valence-electron chi connectivity index (χ1n) is 11.4. The predicted molar refractivity (Wildman–Crippen MR) is 132 cm³/mol. The summed E-state index contributed by atoms with van der Waals surface area (Å²) in [4.78, 5) is 22.2. The Morgan fingerprint density at radius 3 is 2.33 bits per heavy atom. The number of hydrogen-bond acceptors (Lipinski definition) is 4. The number of aryl methyl sites for hydroxylation is 1. The van der Waals surface area contributed by atoms with Gasteiger partial charge in [-0.25, -0.2) is 0 Å². The summed E-state index contributed by atoms with van der Waals surface area (Å²) in [6.45, 7) is 2.42. The standard InChI is InChI=1S/C14H20N2O.C14H12O2/c1-10(15-2)14(17)16-13-8-7-11-5-3-4-6-12(11)9-13;15-10-12-6-8-14(9-7-12)16-11-13-4-2-1-3-5-13/h3-6,10,13,15H,7-9H2,1-2H3,(H,16,17);1-10H,11H2. The van der Waals surface area contributed by atoms with Crippen molar-refractivity contribution < 1.29 is 14.3 Å². The minimum Gasteiger partial charge on any atom is -0.489 e. The summed E-state index contributed by atoms with van der Waals surface area (Å²) in [6, 6.07) is 25.7. The maximum absolute atomic E-state index is 11.8. The normalized spacial score (nSPS) is 15.3. The van der Waals surface area contributed by atoms with Crippen LogP contribution in [0.3, 0.4) is 0 Å². The van der Waals surface area contributed by atoms with Gasteiger partial charge >= 0.3 is 0 Å². The van der Waals surface area contributed by atoms with Crippen molar-refractivity contribution in [2.24, 2.45) is 0 Å². The van der Waals surface area contributed by atoms with Gasteiger partial charge in [-0.05, 0) is 74.2 Å². The lowest BCUT2D eigenvalue weighted by Gasteiger charge is -2.26. The Kier molecular flexibility index (Phi) is 9.21. The van der Waals surface area contributed by atoms with Crippen LogP contribution in [0.1, 0.15) is 40.4 Å². The summed E-state index contributed by atoms with van der Waals surface area (Å²) in [7, 11) is 1.81. The second kappa shape index (κ2) is 12.6. The Morgan fingerprint density at radius 1 is 1.00 bits per heavy atom. The maximum atomic E-state index is 11.8. The molecule has 0 aliphatic heterocycles. The van der Waals surface area contributed by atoms with Gasteiger partial charge in [-0.2, -0.15) is 0 Å². The molecule has 0 saturated heterocycles. The lowest BCUT2D eigenvalue weighted by atomic mass is 9.88. The second-order valence-electron chi connectivity index (χ2n) is 8.19. The van der Waals surface area contributed by atoms with E-state index in [-0.39, 0.29) is 18.0 Å². The average Bonchev–Trinajstić information content (AvgIpc) is 2.88. The molecule has 0 radical (unpaired) electrons. The molecule has 0 heterocycles. The van der Waals surface area contributed by atoms with Crippen LogP contribution in [0.15, 0.2) is 78.9 Å². The number of carbonyl (C=O) groups excluding carboxylic acids is 2. The smallest absolute Gasteiger partial charge is 0.237 e. The van der Waals surface area contributed by atoms with E-state index in [0.717, 1.165) is 36.9 Å². The number of amides is 1. The Labute approximate surface area is 196 Å². The number of hydrogen-bond donors (Lipinski definition) is 2. The van der Waals surface area contributed by atoms with E-state index in [2.05, 4.69) is 34.9 Å². The van der Waals surface area contributed by atoms with Gasteiger partial charge in [-0.15, -0.1) is 0 Å². The largest absolute Gasteiger partial charge is 0.489 e. The third-order valence-electron chi connectivity index (χ3n) is 5.78. The molecule has 3 aromatic rings. The molecule has 1 aliphatic carbocycles. The van der Waals surface area contributed by atoms with Crippen LogP contribution in [0, 0.1) is 0 Å². The number of nitrogens with one attached hydrogen (secondary N) is 2. The molecule has 0 bridgehead atoms. The fourth-order valence-electron chi connectivity index (χ4n) is 3.66. The van der Waals surface area contributed by atoms with Crippen LogP contribution in [-0.2, 0) is 24.2 Å². The zero-order chi connectivity index (χ0) is 23.5. The second-order valence-corrected chi connectivity index (χ2v) is 8.19. The Balaban J connectivity index is 0.000000186. The fraction of sp³-hybridized carbons (Fsp3) is 0.286. The van der Waals surface area contributed by atoms with Crippen molar-refractivity contribution in [2.45, 2.75) is 44.9 Å². The molecule has 1 aliphatic rings. The summed E-state index contributed by atoms with van der Waals surface area (Å²) >= 11 is 0. The van der Waals surface area contributed by atoms with Gasteiger partial charge in [0.25, 0.3) is 0 Å². The van der Waals surface area contributed by atoms with Crippen LogP contribution in [0.5, 0.6) is 5.75 Å². The molecule has 0 fully saturated rings. The van der Waals surface area contributed by atoms with E-state index >= 15 is 0 Å². The summed E-state index contributed by atoms with van der Waals surface area (Å²) in [5.41, 5.74) is 4.59. The molecular weight excluding hydrogens is 412 g/mol. The zero-order valence-electron chi connectivity index (χ0n) is 19.3. The van der Waals surface area contributed by atoms with E-state index in [1.807, 2.05) is 37.3 Å². The Morgan fingerprint density at radius 2 is 1.67 bits per heavy atom. The highest BCUT2D eigenvalue weighted by atomic mass is 16.5. The highest BCUT2D eigenvalue weighted by Gasteiger charge is 2.21. The van der Waals surface area contributed by atoms with E-state index < -0.39 is 0 Å². The fourth-order valence-corrected chi connectivity index (χ4v) is 3.66. The molecule has 172 valence electrons. The summed E-state index contributed by atoms with van der Waals surface area (Å²) in [5, 5.41) is 6.07. The number of likely N-dealkylation sites (N-methyl/N-ethyl adjacent to an activating group) is 1. The van der Waals surface area contributed by atoms with Crippen LogP contribution >= 0.6 is 0 Å². The Hall–Kier alpha value is -3.44. The summed E-state index contributed by atoms with van der Waals surface area (Å²) in [5.74, 6) is 0.867. The van der Waals surface area contributed by atoms with E-state index in [1.54, 1.807) is 31.3 Å². The number of aldehydes is 1. The zero-order valence-corrected chi connectivity index (χ0v) is 19.3. The van der Waals surface area contributed by atoms with E-state index in [0.29, 0.717) is 12.2 Å². The van der Waals surface area contributed by atoms with E-state index in [1.165, 1.54) is 11.1 Å². The molecule has 0 aromatic heterocycles. The minimum atomic E-state index is -0.118. The van der Waals surface area contributed by atoms with E-state index in [4.69, 9.17) is 4.74 Å². The SMILES string of the molecule is CNC(C)C(=O)NC1CCc2ccccc2C1.O=Cc1ccc(OCc2ccccc2)cc1. The van der Waals surface area contributed by atoms with Gasteiger partial charge in [0.1, 0.15) is 18.6 Å². The topological polar surface area (TPSA) is 67.4 Å². The van der Waals surface area contributed by atoms with Gasteiger partial charge in [-0.1, -0.05) is 54.6 Å². The highest BCUT2D eigenvalue weighted by Crippen LogP contribution is 2.21.